The fourth-order valence-corrected chi connectivity index (χ4v) is 4.23. The summed E-state index contributed by atoms with van der Waals surface area (Å²) in [6.45, 7) is 3.38. The second-order valence-corrected chi connectivity index (χ2v) is 7.73. The van der Waals surface area contributed by atoms with Crippen molar-refractivity contribution in [3.63, 3.8) is 0 Å². The third-order valence-corrected chi connectivity index (χ3v) is 5.86. The molecule has 0 aliphatic carbocycles. The molecule has 6 nitrogen and oxygen atoms in total. The van der Waals surface area contributed by atoms with Crippen molar-refractivity contribution >= 4 is 17.5 Å². The van der Waals surface area contributed by atoms with Crippen LogP contribution in [0.5, 0.6) is 5.75 Å². The summed E-state index contributed by atoms with van der Waals surface area (Å²) >= 11 is 0. The predicted octanol–water partition coefficient (Wildman–Crippen LogP) is 3.44. The quantitative estimate of drug-likeness (QED) is 0.798. The molecule has 0 saturated carbocycles. The van der Waals surface area contributed by atoms with Crippen LogP contribution in [0.25, 0.3) is 11.1 Å². The summed E-state index contributed by atoms with van der Waals surface area (Å²) in [5.74, 6) is 1.07. The van der Waals surface area contributed by atoms with Gasteiger partial charge >= 0.3 is 0 Å². The molecule has 1 aromatic carbocycles. The van der Waals surface area contributed by atoms with E-state index in [1.54, 1.807) is 11.1 Å². The van der Waals surface area contributed by atoms with E-state index in [1.807, 2.05) is 43.3 Å². The van der Waals surface area contributed by atoms with Crippen LogP contribution in [0.2, 0.25) is 0 Å². The van der Waals surface area contributed by atoms with Crippen molar-refractivity contribution in [3.05, 3.63) is 42.2 Å². The Morgan fingerprint density at radius 3 is 2.76 bits per heavy atom. The van der Waals surface area contributed by atoms with Crippen molar-refractivity contribution in [1.82, 2.24) is 9.88 Å². The highest BCUT2D eigenvalue weighted by molar-refractivity contribution is 6.00. The molecule has 1 aromatic heterocycles. The molecular formula is C23H27N3O3. The number of pyridine rings is 1. The van der Waals surface area contributed by atoms with E-state index in [-0.39, 0.29) is 17.9 Å². The Balaban J connectivity index is 1.52. The molecule has 2 amide bonds. The van der Waals surface area contributed by atoms with Crippen LogP contribution in [-0.2, 0) is 16.0 Å². The number of amides is 2. The lowest BCUT2D eigenvalue weighted by Gasteiger charge is -2.32. The maximum atomic E-state index is 12.2. The first-order valence-electron chi connectivity index (χ1n) is 10.3. The summed E-state index contributed by atoms with van der Waals surface area (Å²) in [6, 6.07) is 8.15. The lowest BCUT2D eigenvalue weighted by molar-refractivity contribution is -0.132. The molecule has 0 atom stereocenters. The number of benzene rings is 1. The number of ether oxygens (including phenoxy) is 1. The van der Waals surface area contributed by atoms with Gasteiger partial charge in [0.2, 0.25) is 11.8 Å². The molecule has 1 saturated heterocycles. The molecule has 4 rings (SSSR count). The number of rotatable bonds is 4. The lowest BCUT2D eigenvalue weighted by atomic mass is 9.94. The molecule has 6 heteroatoms. The zero-order chi connectivity index (χ0) is 20.4. The molecule has 0 unspecified atom stereocenters. The molecule has 2 aliphatic heterocycles. The van der Waals surface area contributed by atoms with Gasteiger partial charge in [-0.05, 0) is 18.1 Å². The van der Waals surface area contributed by atoms with Gasteiger partial charge in [-0.2, -0.15) is 0 Å². The van der Waals surface area contributed by atoms with Gasteiger partial charge < -0.3 is 14.5 Å². The van der Waals surface area contributed by atoms with Crippen molar-refractivity contribution in [2.45, 2.75) is 45.1 Å². The highest BCUT2D eigenvalue weighted by Gasteiger charge is 2.25. The summed E-state index contributed by atoms with van der Waals surface area (Å²) in [6.07, 6.45) is 7.16. The molecule has 1 fully saturated rings. The summed E-state index contributed by atoms with van der Waals surface area (Å²) in [5.41, 5.74) is 4.09. The Labute approximate surface area is 171 Å². The number of piperidine rings is 1. The van der Waals surface area contributed by atoms with Gasteiger partial charge in [-0.3, -0.25) is 14.6 Å². The van der Waals surface area contributed by atoms with Crippen LogP contribution in [0.4, 0.5) is 5.69 Å². The molecule has 152 valence electrons. The van der Waals surface area contributed by atoms with Crippen molar-refractivity contribution in [3.8, 4) is 16.9 Å². The highest BCUT2D eigenvalue weighted by atomic mass is 16.5. The van der Waals surface area contributed by atoms with Crippen molar-refractivity contribution in [2.24, 2.45) is 0 Å². The number of aromatic nitrogens is 1. The fourth-order valence-electron chi connectivity index (χ4n) is 4.23. The number of fused-ring (bicyclic) bond motifs is 1. The highest BCUT2D eigenvalue weighted by Crippen LogP contribution is 2.37. The van der Waals surface area contributed by atoms with Gasteiger partial charge in [-0.25, -0.2) is 0 Å². The smallest absolute Gasteiger partial charge is 0.227 e. The summed E-state index contributed by atoms with van der Waals surface area (Å²) in [4.78, 5) is 32.1. The van der Waals surface area contributed by atoms with E-state index in [9.17, 15) is 9.59 Å². The van der Waals surface area contributed by atoms with Gasteiger partial charge in [0.15, 0.2) is 0 Å². The minimum Gasteiger partial charge on any atom is -0.489 e. The molecule has 0 N–H and O–H groups in total. The molecule has 2 aromatic rings. The molecule has 0 radical (unpaired) electrons. The van der Waals surface area contributed by atoms with E-state index < -0.39 is 0 Å². The molecule has 29 heavy (non-hydrogen) atoms. The van der Waals surface area contributed by atoms with Gasteiger partial charge in [-0.15, -0.1) is 0 Å². The Morgan fingerprint density at radius 2 is 2.00 bits per heavy atom. The normalized spacial score (nSPS) is 17.2. The minimum atomic E-state index is 0.0851. The lowest BCUT2D eigenvalue weighted by Crippen LogP contribution is -2.41. The van der Waals surface area contributed by atoms with Crippen molar-refractivity contribution in [2.75, 3.05) is 25.0 Å². The number of likely N-dealkylation sites (tertiary alicyclic amines) is 1. The number of anilines is 1. The van der Waals surface area contributed by atoms with Gasteiger partial charge in [0.25, 0.3) is 0 Å². The standard InChI is InChI=1S/C23H27N3O3/c1-3-21(27)26-11-9-18(10-12-26)29-19-13-17(14-24-15-19)20-6-4-5-16-7-8-22(28)25(2)23(16)20/h4-6,13-15,18H,3,7-12H2,1-2H3. The second kappa shape index (κ2) is 8.23. The second-order valence-electron chi connectivity index (χ2n) is 7.73. The average Bonchev–Trinajstić information content (AvgIpc) is 2.76. The maximum Gasteiger partial charge on any atom is 0.227 e. The van der Waals surface area contributed by atoms with E-state index in [1.165, 1.54) is 5.56 Å². The number of para-hydroxylation sites is 1. The number of nitrogens with zero attached hydrogens (tertiary/aromatic N) is 3. The van der Waals surface area contributed by atoms with E-state index in [0.29, 0.717) is 12.8 Å². The average molecular weight is 393 g/mol. The molecule has 3 heterocycles. The van der Waals surface area contributed by atoms with Crippen LogP contribution >= 0.6 is 0 Å². The first-order chi connectivity index (χ1) is 14.1. The van der Waals surface area contributed by atoms with Gasteiger partial charge in [0, 0.05) is 63.1 Å². The summed E-state index contributed by atoms with van der Waals surface area (Å²) < 4.78 is 6.19. The zero-order valence-electron chi connectivity index (χ0n) is 17.1. The summed E-state index contributed by atoms with van der Waals surface area (Å²) in [5, 5.41) is 0. The zero-order valence-corrected chi connectivity index (χ0v) is 17.1. The van der Waals surface area contributed by atoms with Gasteiger partial charge in [0.1, 0.15) is 11.9 Å². The monoisotopic (exact) mass is 393 g/mol. The maximum absolute atomic E-state index is 12.2. The largest absolute Gasteiger partial charge is 0.489 e. The number of carbonyl (C=O) groups excluding carboxylic acids is 2. The number of hydrogen-bond acceptors (Lipinski definition) is 4. The number of aryl methyl sites for hydroxylation is 1. The molecule has 0 spiro atoms. The van der Waals surface area contributed by atoms with Gasteiger partial charge in [0.05, 0.1) is 11.9 Å². The Kier molecular flexibility index (Phi) is 5.51. The predicted molar refractivity (Wildman–Crippen MR) is 112 cm³/mol. The SMILES string of the molecule is CCC(=O)N1CCC(Oc2cncc(-c3cccc4c3N(C)C(=O)CC4)c2)CC1. The van der Waals surface area contributed by atoms with Crippen LogP contribution in [0, 0.1) is 0 Å². The van der Waals surface area contributed by atoms with E-state index >= 15 is 0 Å². The number of hydrogen-bond donors (Lipinski definition) is 0. The van der Waals surface area contributed by atoms with E-state index in [0.717, 1.165) is 54.9 Å². The Hall–Kier alpha value is -2.89. The third-order valence-electron chi connectivity index (χ3n) is 5.86. The van der Waals surface area contributed by atoms with Crippen LogP contribution in [0.3, 0.4) is 0 Å². The Morgan fingerprint density at radius 1 is 1.21 bits per heavy atom. The number of carbonyl (C=O) groups is 2. The molecule has 2 aliphatic rings. The Bertz CT molecular complexity index is 919. The van der Waals surface area contributed by atoms with Gasteiger partial charge in [-0.1, -0.05) is 25.1 Å². The fraction of sp³-hybridized carbons (Fsp3) is 0.435. The van der Waals surface area contributed by atoms with Crippen LogP contribution < -0.4 is 9.64 Å². The first kappa shape index (κ1) is 19.4. The van der Waals surface area contributed by atoms with Crippen LogP contribution in [0.15, 0.2) is 36.7 Å². The van der Waals surface area contributed by atoms with E-state index in [4.69, 9.17) is 4.74 Å². The van der Waals surface area contributed by atoms with Crippen molar-refractivity contribution in [1.29, 1.82) is 0 Å². The topological polar surface area (TPSA) is 62.7 Å². The third kappa shape index (κ3) is 3.97. The van der Waals surface area contributed by atoms with E-state index in [2.05, 4.69) is 11.1 Å². The molecular weight excluding hydrogens is 366 g/mol. The van der Waals surface area contributed by atoms with Crippen LogP contribution in [-0.4, -0.2) is 47.9 Å². The summed E-state index contributed by atoms with van der Waals surface area (Å²) in [7, 11) is 1.84. The first-order valence-corrected chi connectivity index (χ1v) is 10.3. The van der Waals surface area contributed by atoms with Crippen LogP contribution in [0.1, 0.15) is 38.2 Å². The van der Waals surface area contributed by atoms with Crippen molar-refractivity contribution < 1.29 is 14.3 Å². The minimum absolute atomic E-state index is 0.0851. The molecule has 0 bridgehead atoms.